The summed E-state index contributed by atoms with van der Waals surface area (Å²) < 4.78 is 0. The molecule has 0 spiro atoms. The maximum atomic E-state index is 10.0. The first-order valence-electron chi connectivity index (χ1n) is 2.06. The SMILES string of the molecule is O=C(CC(=O)NO)NO.[Na].[Na]. The van der Waals surface area contributed by atoms with Crippen molar-refractivity contribution in [3.8, 4) is 0 Å². The number of amides is 2. The molecule has 54 valence electrons. The largest absolute Gasteiger partial charge is 0.289 e. The quantitative estimate of drug-likeness (QED) is 0.165. The van der Waals surface area contributed by atoms with Crippen LogP contribution in [0, 0.1) is 0 Å². The minimum Gasteiger partial charge on any atom is -0.289 e. The summed E-state index contributed by atoms with van der Waals surface area (Å²) in [6.07, 6.45) is -0.590. The fourth-order valence-electron chi connectivity index (χ4n) is 0.225. The molecule has 0 aromatic carbocycles. The smallest absolute Gasteiger partial charge is 0.252 e. The van der Waals surface area contributed by atoms with E-state index in [0.717, 1.165) is 0 Å². The van der Waals surface area contributed by atoms with Crippen LogP contribution in [0.3, 0.4) is 0 Å². The third-order valence-electron chi connectivity index (χ3n) is 0.571. The predicted octanol–water partition coefficient (Wildman–Crippen LogP) is -2.37. The zero-order valence-electron chi connectivity index (χ0n) is 6.42. The van der Waals surface area contributed by atoms with Crippen LogP contribution in [0.4, 0.5) is 0 Å². The van der Waals surface area contributed by atoms with Gasteiger partial charge in [0.25, 0.3) is 11.8 Å². The Morgan fingerprint density at radius 1 is 1.00 bits per heavy atom. The van der Waals surface area contributed by atoms with E-state index >= 15 is 0 Å². The van der Waals surface area contributed by atoms with Gasteiger partial charge in [0.2, 0.25) is 0 Å². The Hall–Kier alpha value is 0.860. The van der Waals surface area contributed by atoms with E-state index in [2.05, 4.69) is 0 Å². The molecule has 0 heterocycles. The van der Waals surface area contributed by atoms with Gasteiger partial charge in [0.15, 0.2) is 0 Å². The minimum absolute atomic E-state index is 0. The molecule has 6 nitrogen and oxygen atoms in total. The molecule has 0 rings (SSSR count). The number of nitrogens with one attached hydrogen (secondary N) is 2. The van der Waals surface area contributed by atoms with Crippen LogP contribution >= 0.6 is 0 Å². The van der Waals surface area contributed by atoms with Gasteiger partial charge in [0.05, 0.1) is 0 Å². The van der Waals surface area contributed by atoms with Crippen molar-refractivity contribution in [1.29, 1.82) is 0 Å². The zero-order valence-corrected chi connectivity index (χ0v) is 10.4. The van der Waals surface area contributed by atoms with E-state index in [-0.39, 0.29) is 59.1 Å². The van der Waals surface area contributed by atoms with Crippen molar-refractivity contribution in [2.75, 3.05) is 0 Å². The number of carbonyl (C=O) groups is 2. The monoisotopic (exact) mass is 180 g/mol. The van der Waals surface area contributed by atoms with Gasteiger partial charge < -0.3 is 0 Å². The van der Waals surface area contributed by atoms with Crippen molar-refractivity contribution in [2.45, 2.75) is 6.42 Å². The summed E-state index contributed by atoms with van der Waals surface area (Å²) in [6, 6.07) is 0. The molecule has 0 aliphatic carbocycles. The molecular formula is C3H6N2Na2O4. The van der Waals surface area contributed by atoms with Crippen LogP contribution in [0.1, 0.15) is 6.42 Å². The van der Waals surface area contributed by atoms with Crippen LogP contribution in [-0.4, -0.2) is 81.3 Å². The van der Waals surface area contributed by atoms with Crippen LogP contribution in [0.15, 0.2) is 0 Å². The Bertz CT molecular complexity index is 117. The molecule has 0 unspecified atom stereocenters. The van der Waals surface area contributed by atoms with Crippen LogP contribution in [0.25, 0.3) is 0 Å². The number of rotatable bonds is 2. The van der Waals surface area contributed by atoms with Crippen LogP contribution in [0.5, 0.6) is 0 Å². The van der Waals surface area contributed by atoms with Gasteiger partial charge >= 0.3 is 0 Å². The summed E-state index contributed by atoms with van der Waals surface area (Å²) in [6.45, 7) is 0. The maximum Gasteiger partial charge on any atom is 0.252 e. The van der Waals surface area contributed by atoms with Gasteiger partial charge in [-0.2, -0.15) is 0 Å². The average Bonchev–Trinajstić information content (AvgIpc) is 1.87. The van der Waals surface area contributed by atoms with Crippen molar-refractivity contribution < 1.29 is 20.0 Å². The van der Waals surface area contributed by atoms with Gasteiger partial charge in [-0.05, 0) is 0 Å². The van der Waals surface area contributed by atoms with Crippen molar-refractivity contribution in [2.24, 2.45) is 0 Å². The molecule has 2 radical (unpaired) electrons. The Morgan fingerprint density at radius 3 is 1.45 bits per heavy atom. The summed E-state index contributed by atoms with van der Waals surface area (Å²) >= 11 is 0. The summed E-state index contributed by atoms with van der Waals surface area (Å²) in [5, 5.41) is 15.6. The van der Waals surface area contributed by atoms with Crippen molar-refractivity contribution in [1.82, 2.24) is 11.0 Å². The Kier molecular flexibility index (Phi) is 17.6. The van der Waals surface area contributed by atoms with E-state index in [0.29, 0.717) is 0 Å². The van der Waals surface area contributed by atoms with Gasteiger partial charge in [-0.1, -0.05) is 0 Å². The van der Waals surface area contributed by atoms with E-state index in [9.17, 15) is 9.59 Å². The third-order valence-corrected chi connectivity index (χ3v) is 0.571. The predicted molar refractivity (Wildman–Crippen MR) is 36.0 cm³/mol. The molecule has 4 N–H and O–H groups in total. The Labute approximate surface area is 107 Å². The standard InChI is InChI=1S/C3H6N2O4.2Na/c6-2(4-8)1-3(7)5-9;;/h8-9H,1H2,(H,4,6)(H,5,7);;. The van der Waals surface area contributed by atoms with E-state index in [4.69, 9.17) is 10.4 Å². The molecule has 0 aliphatic rings. The minimum atomic E-state index is -0.874. The molecule has 0 saturated heterocycles. The van der Waals surface area contributed by atoms with Crippen molar-refractivity contribution in [3.63, 3.8) is 0 Å². The average molecular weight is 180 g/mol. The number of hydroxylamine groups is 2. The first kappa shape index (κ1) is 17.8. The molecule has 0 aliphatic heterocycles. The normalized spacial score (nSPS) is 6.73. The summed E-state index contributed by atoms with van der Waals surface area (Å²) in [5.41, 5.74) is 2.44. The van der Waals surface area contributed by atoms with Crippen LogP contribution in [0.2, 0.25) is 0 Å². The zero-order chi connectivity index (χ0) is 7.28. The van der Waals surface area contributed by atoms with Gasteiger partial charge in [-0.25, -0.2) is 11.0 Å². The van der Waals surface area contributed by atoms with Gasteiger partial charge in [0, 0.05) is 59.1 Å². The first-order chi connectivity index (χ1) is 4.20. The second-order valence-corrected chi connectivity index (χ2v) is 1.25. The fraction of sp³-hybridized carbons (Fsp3) is 0.333. The molecule has 0 aromatic heterocycles. The van der Waals surface area contributed by atoms with Gasteiger partial charge in [-0.15, -0.1) is 0 Å². The third kappa shape index (κ3) is 10.9. The van der Waals surface area contributed by atoms with Crippen LogP contribution < -0.4 is 11.0 Å². The van der Waals surface area contributed by atoms with Crippen LogP contribution in [-0.2, 0) is 9.59 Å². The van der Waals surface area contributed by atoms with E-state index in [1.807, 2.05) is 0 Å². The molecular weight excluding hydrogens is 174 g/mol. The number of carbonyl (C=O) groups excluding carboxylic acids is 2. The molecule has 0 bridgehead atoms. The molecule has 2 amide bonds. The number of hydrogen-bond acceptors (Lipinski definition) is 4. The molecule has 0 aromatic rings. The summed E-state index contributed by atoms with van der Waals surface area (Å²) in [7, 11) is 0. The molecule has 0 saturated carbocycles. The van der Waals surface area contributed by atoms with Gasteiger partial charge in [-0.3, -0.25) is 20.0 Å². The maximum absolute atomic E-state index is 10.0. The Balaban J connectivity index is -0.000000320. The second kappa shape index (κ2) is 10.9. The second-order valence-electron chi connectivity index (χ2n) is 1.25. The first-order valence-corrected chi connectivity index (χ1v) is 2.06. The van der Waals surface area contributed by atoms with Gasteiger partial charge in [0.1, 0.15) is 6.42 Å². The molecule has 0 atom stereocenters. The van der Waals surface area contributed by atoms with Crippen molar-refractivity contribution >= 4 is 70.9 Å². The topological polar surface area (TPSA) is 98.7 Å². The van der Waals surface area contributed by atoms with Crippen molar-refractivity contribution in [3.05, 3.63) is 0 Å². The molecule has 11 heavy (non-hydrogen) atoms. The van der Waals surface area contributed by atoms with E-state index < -0.39 is 18.2 Å². The number of hydrogen-bond donors (Lipinski definition) is 4. The molecule has 8 heteroatoms. The Morgan fingerprint density at radius 2 is 1.27 bits per heavy atom. The van der Waals surface area contributed by atoms with E-state index in [1.165, 1.54) is 11.0 Å². The summed E-state index contributed by atoms with van der Waals surface area (Å²) in [5.74, 6) is -1.75. The molecule has 0 fully saturated rings. The van der Waals surface area contributed by atoms with E-state index in [1.54, 1.807) is 0 Å². The summed E-state index contributed by atoms with van der Waals surface area (Å²) in [4.78, 5) is 20.1. The fourth-order valence-corrected chi connectivity index (χ4v) is 0.225.